The summed E-state index contributed by atoms with van der Waals surface area (Å²) in [7, 11) is 1.79. The topological polar surface area (TPSA) is 60.2 Å². The zero-order chi connectivity index (χ0) is 21.8. The first-order valence-electron chi connectivity index (χ1n) is 10.3. The maximum absolute atomic E-state index is 12.8. The second kappa shape index (κ2) is 9.00. The van der Waals surface area contributed by atoms with Gasteiger partial charge < -0.3 is 14.2 Å². The van der Waals surface area contributed by atoms with Crippen LogP contribution in [-0.2, 0) is 13.1 Å². The number of aryl methyl sites for hydroxylation is 2. The van der Waals surface area contributed by atoms with Crippen LogP contribution < -0.4 is 4.74 Å². The highest BCUT2D eigenvalue weighted by Crippen LogP contribution is 2.21. The van der Waals surface area contributed by atoms with Gasteiger partial charge >= 0.3 is 0 Å². The second-order valence-electron chi connectivity index (χ2n) is 7.68. The number of aromatic nitrogens is 3. The Hall–Kier alpha value is -3.67. The van der Waals surface area contributed by atoms with E-state index in [2.05, 4.69) is 35.5 Å². The molecule has 2 aromatic carbocycles. The third kappa shape index (κ3) is 4.58. The van der Waals surface area contributed by atoms with Crippen molar-refractivity contribution in [2.24, 2.45) is 0 Å². The number of ether oxygens (including phenoxy) is 1. The average molecular weight is 415 g/mol. The summed E-state index contributed by atoms with van der Waals surface area (Å²) in [6.07, 6.45) is 3.25. The normalized spacial score (nSPS) is 10.9. The summed E-state index contributed by atoms with van der Waals surface area (Å²) in [6, 6.07) is 17.6. The summed E-state index contributed by atoms with van der Waals surface area (Å²) in [5, 5.41) is 0. The molecule has 1 amide bonds. The Morgan fingerprint density at radius 3 is 2.61 bits per heavy atom. The summed E-state index contributed by atoms with van der Waals surface area (Å²) >= 11 is 0. The number of fused-ring (bicyclic) bond motifs is 1. The van der Waals surface area contributed by atoms with Gasteiger partial charge in [-0.2, -0.15) is 0 Å². The zero-order valence-electron chi connectivity index (χ0n) is 18.1. The van der Waals surface area contributed by atoms with Crippen LogP contribution in [-0.4, -0.2) is 39.0 Å². The molecule has 2 aromatic heterocycles. The molecule has 0 bridgehead atoms. The molecular formula is C25H26N4O2. The van der Waals surface area contributed by atoms with Crippen LogP contribution in [0.5, 0.6) is 5.75 Å². The molecule has 0 atom stereocenters. The summed E-state index contributed by atoms with van der Waals surface area (Å²) in [5.41, 5.74) is 4.90. The van der Waals surface area contributed by atoms with E-state index < -0.39 is 0 Å². The Morgan fingerprint density at radius 2 is 1.84 bits per heavy atom. The third-order valence-electron chi connectivity index (χ3n) is 5.29. The van der Waals surface area contributed by atoms with Gasteiger partial charge in [-0.05, 0) is 49.7 Å². The molecule has 0 aliphatic carbocycles. The molecule has 0 aliphatic heterocycles. The molecule has 0 N–H and O–H groups in total. The van der Waals surface area contributed by atoms with Crippen molar-refractivity contribution in [1.29, 1.82) is 0 Å². The summed E-state index contributed by atoms with van der Waals surface area (Å²) in [5.74, 6) is 1.66. The quantitative estimate of drug-likeness (QED) is 0.450. The van der Waals surface area contributed by atoms with Crippen LogP contribution in [0.3, 0.4) is 0 Å². The van der Waals surface area contributed by atoms with Gasteiger partial charge in [0.05, 0.1) is 24.1 Å². The molecule has 6 heteroatoms. The number of imidazole rings is 1. The number of nitrogens with zero attached hydrogens (tertiary/aromatic N) is 4. The molecule has 0 saturated heterocycles. The molecule has 0 saturated carbocycles. The SMILES string of the molecule is Cc1ccc(OCCn2c(CN(C)C(=O)c3ccncc3)nc3ccccc32)c(C)c1. The van der Waals surface area contributed by atoms with Gasteiger partial charge in [0.25, 0.3) is 5.91 Å². The van der Waals surface area contributed by atoms with E-state index in [1.54, 1.807) is 36.5 Å². The minimum atomic E-state index is -0.0625. The van der Waals surface area contributed by atoms with Crippen LogP contribution in [0, 0.1) is 13.8 Å². The minimum absolute atomic E-state index is 0.0625. The first-order chi connectivity index (χ1) is 15.0. The van der Waals surface area contributed by atoms with Crippen LogP contribution in [0.4, 0.5) is 0 Å². The highest BCUT2D eigenvalue weighted by Gasteiger charge is 2.17. The predicted octanol–water partition coefficient (Wildman–Crippen LogP) is 4.40. The molecule has 0 unspecified atom stereocenters. The highest BCUT2D eigenvalue weighted by atomic mass is 16.5. The smallest absolute Gasteiger partial charge is 0.254 e. The lowest BCUT2D eigenvalue weighted by Gasteiger charge is -2.18. The summed E-state index contributed by atoms with van der Waals surface area (Å²) in [4.78, 5) is 23.2. The van der Waals surface area contributed by atoms with Crippen molar-refractivity contribution >= 4 is 16.9 Å². The number of hydrogen-bond acceptors (Lipinski definition) is 4. The van der Waals surface area contributed by atoms with Crippen LogP contribution in [0.15, 0.2) is 67.0 Å². The van der Waals surface area contributed by atoms with Gasteiger partial charge in [0.2, 0.25) is 0 Å². The van der Waals surface area contributed by atoms with Crippen LogP contribution in [0.2, 0.25) is 0 Å². The summed E-state index contributed by atoms with van der Waals surface area (Å²) in [6.45, 7) is 5.68. The number of para-hydroxylation sites is 2. The molecule has 6 nitrogen and oxygen atoms in total. The average Bonchev–Trinajstić information content (AvgIpc) is 3.12. The zero-order valence-corrected chi connectivity index (χ0v) is 18.1. The largest absolute Gasteiger partial charge is 0.491 e. The number of rotatable bonds is 7. The molecule has 0 fully saturated rings. The minimum Gasteiger partial charge on any atom is -0.491 e. The van der Waals surface area contributed by atoms with E-state index in [0.29, 0.717) is 25.3 Å². The highest BCUT2D eigenvalue weighted by molar-refractivity contribution is 5.93. The molecule has 158 valence electrons. The predicted molar refractivity (Wildman–Crippen MR) is 121 cm³/mol. The maximum atomic E-state index is 12.8. The van der Waals surface area contributed by atoms with Crippen molar-refractivity contribution in [3.63, 3.8) is 0 Å². The van der Waals surface area contributed by atoms with Crippen molar-refractivity contribution in [3.05, 3.63) is 89.5 Å². The van der Waals surface area contributed by atoms with E-state index in [1.165, 1.54) is 5.56 Å². The number of benzene rings is 2. The number of amides is 1. The number of pyridine rings is 1. The molecule has 0 aliphatic rings. The molecule has 0 radical (unpaired) electrons. The lowest BCUT2D eigenvalue weighted by Crippen LogP contribution is -2.28. The molecule has 2 heterocycles. The Labute approximate surface area is 182 Å². The lowest BCUT2D eigenvalue weighted by molar-refractivity contribution is 0.0780. The molecule has 0 spiro atoms. The molecule has 4 aromatic rings. The van der Waals surface area contributed by atoms with Crippen LogP contribution in [0.1, 0.15) is 27.3 Å². The molecule has 31 heavy (non-hydrogen) atoms. The van der Waals surface area contributed by atoms with Gasteiger partial charge in [0.15, 0.2) is 0 Å². The second-order valence-corrected chi connectivity index (χ2v) is 7.68. The monoisotopic (exact) mass is 414 g/mol. The fourth-order valence-electron chi connectivity index (χ4n) is 3.70. The fraction of sp³-hybridized carbons (Fsp3) is 0.240. The standard InChI is InChI=1S/C25H26N4O2/c1-18-8-9-23(19(2)16-18)31-15-14-29-22-7-5-4-6-21(22)27-24(29)17-28(3)25(30)20-10-12-26-13-11-20/h4-13,16H,14-15,17H2,1-3H3. The third-order valence-corrected chi connectivity index (χ3v) is 5.29. The van der Waals surface area contributed by atoms with Crippen molar-refractivity contribution in [2.75, 3.05) is 13.7 Å². The van der Waals surface area contributed by atoms with Gasteiger partial charge in [-0.15, -0.1) is 0 Å². The van der Waals surface area contributed by atoms with Gasteiger partial charge in [0, 0.05) is 25.0 Å². The first-order valence-corrected chi connectivity index (χ1v) is 10.3. The van der Waals surface area contributed by atoms with Gasteiger partial charge in [0.1, 0.15) is 18.2 Å². The Morgan fingerprint density at radius 1 is 1.06 bits per heavy atom. The van der Waals surface area contributed by atoms with Gasteiger partial charge in [-0.3, -0.25) is 9.78 Å². The van der Waals surface area contributed by atoms with E-state index in [-0.39, 0.29) is 5.91 Å². The van der Waals surface area contributed by atoms with E-state index in [0.717, 1.165) is 28.2 Å². The van der Waals surface area contributed by atoms with E-state index in [1.807, 2.05) is 30.3 Å². The number of carbonyl (C=O) groups is 1. The van der Waals surface area contributed by atoms with Gasteiger partial charge in [-0.25, -0.2) is 4.98 Å². The van der Waals surface area contributed by atoms with E-state index >= 15 is 0 Å². The van der Waals surface area contributed by atoms with Crippen molar-refractivity contribution in [3.8, 4) is 5.75 Å². The number of carbonyl (C=O) groups excluding carboxylic acids is 1. The molecular weight excluding hydrogens is 388 g/mol. The lowest BCUT2D eigenvalue weighted by atomic mass is 10.1. The summed E-state index contributed by atoms with van der Waals surface area (Å²) < 4.78 is 8.19. The maximum Gasteiger partial charge on any atom is 0.254 e. The van der Waals surface area contributed by atoms with Crippen molar-refractivity contribution < 1.29 is 9.53 Å². The van der Waals surface area contributed by atoms with E-state index in [4.69, 9.17) is 9.72 Å². The first kappa shape index (κ1) is 20.6. The van der Waals surface area contributed by atoms with E-state index in [9.17, 15) is 4.79 Å². The van der Waals surface area contributed by atoms with Gasteiger partial charge in [-0.1, -0.05) is 29.8 Å². The van der Waals surface area contributed by atoms with Crippen molar-refractivity contribution in [2.45, 2.75) is 26.9 Å². The fourth-order valence-corrected chi connectivity index (χ4v) is 3.70. The Balaban J connectivity index is 1.53. The van der Waals surface area contributed by atoms with Crippen LogP contribution in [0.25, 0.3) is 11.0 Å². The Kier molecular flexibility index (Phi) is 5.98. The Bertz CT molecular complexity index is 1200. The molecule has 4 rings (SSSR count). The number of hydrogen-bond donors (Lipinski definition) is 0. The van der Waals surface area contributed by atoms with Crippen molar-refractivity contribution in [1.82, 2.24) is 19.4 Å². The van der Waals surface area contributed by atoms with Crippen LogP contribution >= 0.6 is 0 Å².